The Morgan fingerprint density at radius 3 is 2.38 bits per heavy atom. The van der Waals surface area contributed by atoms with Gasteiger partial charge < -0.3 is 14.4 Å². The summed E-state index contributed by atoms with van der Waals surface area (Å²) >= 11 is 0. The van der Waals surface area contributed by atoms with Crippen LogP contribution < -0.4 is 9.47 Å². The van der Waals surface area contributed by atoms with E-state index in [0.717, 1.165) is 21.9 Å². The molecule has 134 valence electrons. The minimum absolute atomic E-state index is 0.0269. The van der Waals surface area contributed by atoms with Gasteiger partial charge in [-0.2, -0.15) is 0 Å². The number of ether oxygens (including phenoxy) is 2. The van der Waals surface area contributed by atoms with Crippen LogP contribution in [-0.2, 0) is 6.54 Å². The van der Waals surface area contributed by atoms with Gasteiger partial charge in [-0.1, -0.05) is 42.5 Å². The van der Waals surface area contributed by atoms with Gasteiger partial charge in [0.05, 0.1) is 14.2 Å². The number of benzene rings is 3. The number of methoxy groups -OCH3 is 2. The van der Waals surface area contributed by atoms with Crippen LogP contribution in [0, 0.1) is 0 Å². The molecule has 0 aromatic heterocycles. The SMILES string of the molecule is CCN(Cc1ccc(OC)c(OC)c1)C(=O)c1cccc2ccccc12. The second-order valence-electron chi connectivity index (χ2n) is 6.04. The molecule has 1 amide bonds. The van der Waals surface area contributed by atoms with Crippen LogP contribution in [-0.4, -0.2) is 31.6 Å². The zero-order valence-electron chi connectivity index (χ0n) is 15.4. The van der Waals surface area contributed by atoms with Gasteiger partial charge in [0, 0.05) is 18.7 Å². The van der Waals surface area contributed by atoms with E-state index in [4.69, 9.17) is 9.47 Å². The summed E-state index contributed by atoms with van der Waals surface area (Å²) in [6, 6.07) is 19.5. The van der Waals surface area contributed by atoms with Crippen molar-refractivity contribution in [3.05, 3.63) is 71.8 Å². The molecular weight excluding hydrogens is 326 g/mol. The van der Waals surface area contributed by atoms with Crippen LogP contribution in [0.2, 0.25) is 0 Å². The summed E-state index contributed by atoms with van der Waals surface area (Å²) in [5.74, 6) is 1.37. The highest BCUT2D eigenvalue weighted by Crippen LogP contribution is 2.28. The maximum Gasteiger partial charge on any atom is 0.254 e. The molecule has 0 spiro atoms. The van der Waals surface area contributed by atoms with Crippen molar-refractivity contribution in [1.29, 1.82) is 0 Å². The Bertz CT molecular complexity index is 915. The molecule has 0 fully saturated rings. The van der Waals surface area contributed by atoms with E-state index in [9.17, 15) is 4.79 Å². The maximum absolute atomic E-state index is 13.1. The van der Waals surface area contributed by atoms with Crippen molar-refractivity contribution in [2.24, 2.45) is 0 Å². The molecule has 3 rings (SSSR count). The Morgan fingerprint density at radius 2 is 1.65 bits per heavy atom. The number of nitrogens with zero attached hydrogens (tertiary/aromatic N) is 1. The number of fused-ring (bicyclic) bond motifs is 1. The lowest BCUT2D eigenvalue weighted by molar-refractivity contribution is 0.0754. The molecule has 0 saturated carbocycles. The third-order valence-electron chi connectivity index (χ3n) is 4.51. The zero-order valence-corrected chi connectivity index (χ0v) is 15.4. The molecule has 4 heteroatoms. The van der Waals surface area contributed by atoms with E-state index in [1.54, 1.807) is 14.2 Å². The van der Waals surface area contributed by atoms with Gasteiger partial charge in [-0.05, 0) is 41.5 Å². The average molecular weight is 349 g/mol. The van der Waals surface area contributed by atoms with Crippen molar-refractivity contribution in [1.82, 2.24) is 4.90 Å². The molecule has 0 radical (unpaired) electrons. The van der Waals surface area contributed by atoms with E-state index in [0.29, 0.717) is 24.6 Å². The molecular formula is C22H23NO3. The van der Waals surface area contributed by atoms with E-state index >= 15 is 0 Å². The number of hydrogen-bond acceptors (Lipinski definition) is 3. The highest BCUT2D eigenvalue weighted by Gasteiger charge is 2.17. The van der Waals surface area contributed by atoms with Crippen LogP contribution in [0.25, 0.3) is 10.8 Å². The summed E-state index contributed by atoms with van der Waals surface area (Å²) in [6.45, 7) is 3.12. The lowest BCUT2D eigenvalue weighted by atomic mass is 10.0. The molecule has 4 nitrogen and oxygen atoms in total. The van der Waals surface area contributed by atoms with Crippen LogP contribution in [0.5, 0.6) is 11.5 Å². The molecule has 3 aromatic rings. The van der Waals surface area contributed by atoms with Gasteiger partial charge in [0.1, 0.15) is 0 Å². The van der Waals surface area contributed by atoms with Gasteiger partial charge in [-0.3, -0.25) is 4.79 Å². The molecule has 0 atom stereocenters. The average Bonchev–Trinajstić information content (AvgIpc) is 2.70. The highest BCUT2D eigenvalue weighted by molar-refractivity contribution is 6.07. The molecule has 0 heterocycles. The predicted molar refractivity (Wildman–Crippen MR) is 104 cm³/mol. The fourth-order valence-corrected chi connectivity index (χ4v) is 3.11. The van der Waals surface area contributed by atoms with Crippen LogP contribution in [0.1, 0.15) is 22.8 Å². The largest absolute Gasteiger partial charge is 0.493 e. The monoisotopic (exact) mass is 349 g/mol. The lowest BCUT2D eigenvalue weighted by Gasteiger charge is -2.22. The summed E-state index contributed by atoms with van der Waals surface area (Å²) in [5.41, 5.74) is 1.73. The first-order chi connectivity index (χ1) is 12.7. The first-order valence-electron chi connectivity index (χ1n) is 8.65. The molecule has 0 aliphatic rings. The fourth-order valence-electron chi connectivity index (χ4n) is 3.11. The summed E-state index contributed by atoms with van der Waals surface area (Å²) in [4.78, 5) is 15.0. The van der Waals surface area contributed by atoms with Gasteiger partial charge in [0.15, 0.2) is 11.5 Å². The molecule has 3 aromatic carbocycles. The van der Waals surface area contributed by atoms with Crippen molar-refractivity contribution >= 4 is 16.7 Å². The molecule has 0 N–H and O–H groups in total. The Hall–Kier alpha value is -3.01. The third-order valence-corrected chi connectivity index (χ3v) is 4.51. The number of amides is 1. The van der Waals surface area contributed by atoms with Gasteiger partial charge >= 0.3 is 0 Å². The topological polar surface area (TPSA) is 38.8 Å². The first-order valence-corrected chi connectivity index (χ1v) is 8.65. The molecule has 26 heavy (non-hydrogen) atoms. The van der Waals surface area contributed by atoms with Gasteiger partial charge in [-0.15, -0.1) is 0 Å². The summed E-state index contributed by atoms with van der Waals surface area (Å²) in [7, 11) is 3.22. The third kappa shape index (κ3) is 3.49. The Balaban J connectivity index is 1.90. The van der Waals surface area contributed by atoms with Crippen LogP contribution in [0.3, 0.4) is 0 Å². The summed E-state index contributed by atoms with van der Waals surface area (Å²) in [6.07, 6.45) is 0. The van der Waals surface area contributed by atoms with Gasteiger partial charge in [-0.25, -0.2) is 0 Å². The first kappa shape index (κ1) is 17.8. The molecule has 0 aliphatic heterocycles. The molecule has 0 bridgehead atoms. The van der Waals surface area contributed by atoms with E-state index in [1.807, 2.05) is 72.5 Å². The lowest BCUT2D eigenvalue weighted by Crippen LogP contribution is -2.30. The van der Waals surface area contributed by atoms with Crippen molar-refractivity contribution in [3.63, 3.8) is 0 Å². The second kappa shape index (κ2) is 7.91. The van der Waals surface area contributed by atoms with Crippen molar-refractivity contribution in [2.45, 2.75) is 13.5 Å². The quantitative estimate of drug-likeness (QED) is 0.657. The number of rotatable bonds is 6. The molecule has 0 aliphatic carbocycles. The van der Waals surface area contributed by atoms with E-state index in [1.165, 1.54) is 0 Å². The fraction of sp³-hybridized carbons (Fsp3) is 0.227. The van der Waals surface area contributed by atoms with E-state index in [2.05, 4.69) is 0 Å². The second-order valence-corrected chi connectivity index (χ2v) is 6.04. The Morgan fingerprint density at radius 1 is 0.923 bits per heavy atom. The summed E-state index contributed by atoms with van der Waals surface area (Å²) in [5, 5.41) is 2.05. The normalized spacial score (nSPS) is 10.6. The number of hydrogen-bond donors (Lipinski definition) is 0. The molecule has 0 saturated heterocycles. The maximum atomic E-state index is 13.1. The Kier molecular flexibility index (Phi) is 5.42. The van der Waals surface area contributed by atoms with Crippen molar-refractivity contribution in [3.8, 4) is 11.5 Å². The minimum atomic E-state index is 0.0269. The zero-order chi connectivity index (χ0) is 18.5. The van der Waals surface area contributed by atoms with Gasteiger partial charge in [0.25, 0.3) is 5.91 Å². The van der Waals surface area contributed by atoms with E-state index in [-0.39, 0.29) is 5.91 Å². The Labute approximate surface area is 154 Å². The molecule has 0 unspecified atom stereocenters. The van der Waals surface area contributed by atoms with Crippen LogP contribution in [0.4, 0.5) is 0 Å². The smallest absolute Gasteiger partial charge is 0.254 e. The highest BCUT2D eigenvalue weighted by atomic mass is 16.5. The minimum Gasteiger partial charge on any atom is -0.493 e. The van der Waals surface area contributed by atoms with Crippen molar-refractivity contribution < 1.29 is 14.3 Å². The van der Waals surface area contributed by atoms with E-state index < -0.39 is 0 Å². The standard InChI is InChI=1S/C22H23NO3/c1-4-23(15-16-12-13-20(25-2)21(14-16)26-3)22(24)19-11-7-9-17-8-5-6-10-18(17)19/h5-14H,4,15H2,1-3H3. The van der Waals surface area contributed by atoms with Gasteiger partial charge in [0.2, 0.25) is 0 Å². The number of carbonyl (C=O) groups excluding carboxylic acids is 1. The number of carbonyl (C=O) groups is 1. The summed E-state index contributed by atoms with van der Waals surface area (Å²) < 4.78 is 10.6. The van der Waals surface area contributed by atoms with Crippen LogP contribution >= 0.6 is 0 Å². The van der Waals surface area contributed by atoms with Crippen LogP contribution in [0.15, 0.2) is 60.7 Å². The van der Waals surface area contributed by atoms with Crippen molar-refractivity contribution in [2.75, 3.05) is 20.8 Å². The predicted octanol–water partition coefficient (Wildman–Crippen LogP) is 4.52.